The molecule has 3 aromatic rings. The Hall–Kier alpha value is -3.51. The molecule has 190 valence electrons. The number of carbonyl (C=O) groups excluding carboxylic acids is 2. The quantitative estimate of drug-likeness (QED) is 0.361. The maximum Gasteiger partial charge on any atom is 0.261 e. The lowest BCUT2D eigenvalue weighted by molar-refractivity contribution is -0.143. The van der Waals surface area contributed by atoms with E-state index in [2.05, 4.69) is 5.32 Å². The van der Waals surface area contributed by atoms with E-state index in [9.17, 15) is 9.59 Å². The van der Waals surface area contributed by atoms with Gasteiger partial charge in [-0.3, -0.25) is 9.59 Å². The first-order valence-corrected chi connectivity index (χ1v) is 12.4. The number of carbonyl (C=O) groups is 2. The molecule has 0 unspecified atom stereocenters. The van der Waals surface area contributed by atoms with Gasteiger partial charge in [-0.05, 0) is 42.7 Å². The van der Waals surface area contributed by atoms with E-state index in [0.717, 1.165) is 17.5 Å². The summed E-state index contributed by atoms with van der Waals surface area (Å²) in [5, 5.41) is 3.58. The smallest absolute Gasteiger partial charge is 0.261 e. The van der Waals surface area contributed by atoms with Crippen molar-refractivity contribution in [3.8, 4) is 11.5 Å². The van der Waals surface area contributed by atoms with Crippen LogP contribution in [0.1, 0.15) is 31.4 Å². The third kappa shape index (κ3) is 7.49. The first kappa shape index (κ1) is 27.1. The Labute approximate surface area is 218 Å². The Morgan fingerprint density at radius 1 is 0.944 bits per heavy atom. The summed E-state index contributed by atoms with van der Waals surface area (Å²) in [7, 11) is 1.54. The highest BCUT2D eigenvalue weighted by Crippen LogP contribution is 2.26. The molecule has 6 nitrogen and oxygen atoms in total. The Balaban J connectivity index is 1.94. The topological polar surface area (TPSA) is 67.9 Å². The Kier molecular flexibility index (Phi) is 10.2. The highest BCUT2D eigenvalue weighted by atomic mass is 35.5. The van der Waals surface area contributed by atoms with E-state index in [1.807, 2.05) is 74.5 Å². The maximum absolute atomic E-state index is 13.7. The number of hydrogen-bond donors (Lipinski definition) is 1. The van der Waals surface area contributed by atoms with Gasteiger partial charge in [-0.25, -0.2) is 0 Å². The molecule has 36 heavy (non-hydrogen) atoms. The van der Waals surface area contributed by atoms with Gasteiger partial charge in [0.1, 0.15) is 6.04 Å². The fourth-order valence-corrected chi connectivity index (χ4v) is 3.96. The molecule has 2 amide bonds. The standard InChI is InChI=1S/C29H33ClN2O4/c1-4-21(2)31-29(34)25(18-22-12-6-5-7-13-22)32(19-23-14-8-9-15-24(23)30)28(33)20-36-27-17-11-10-16-26(27)35-3/h5-17,21,25H,4,18-20H2,1-3H3,(H,31,34)/t21-,25+/m1/s1. The van der Waals surface area contributed by atoms with Crippen LogP contribution in [0.3, 0.4) is 0 Å². The van der Waals surface area contributed by atoms with E-state index in [1.165, 1.54) is 0 Å². The van der Waals surface area contributed by atoms with Crippen molar-refractivity contribution in [1.29, 1.82) is 0 Å². The monoisotopic (exact) mass is 508 g/mol. The van der Waals surface area contributed by atoms with Crippen LogP contribution in [-0.4, -0.2) is 42.5 Å². The van der Waals surface area contributed by atoms with Crippen LogP contribution in [0.25, 0.3) is 0 Å². The average Bonchev–Trinajstić information content (AvgIpc) is 2.90. The van der Waals surface area contributed by atoms with Crippen molar-refractivity contribution in [3.63, 3.8) is 0 Å². The summed E-state index contributed by atoms with van der Waals surface area (Å²) in [6, 6.07) is 23.3. The van der Waals surface area contributed by atoms with Gasteiger partial charge in [0.2, 0.25) is 5.91 Å². The Morgan fingerprint density at radius 2 is 1.58 bits per heavy atom. The Morgan fingerprint density at radius 3 is 2.25 bits per heavy atom. The summed E-state index contributed by atoms with van der Waals surface area (Å²) in [5.74, 6) is 0.431. The zero-order chi connectivity index (χ0) is 25.9. The summed E-state index contributed by atoms with van der Waals surface area (Å²) < 4.78 is 11.2. The van der Waals surface area contributed by atoms with Crippen molar-refractivity contribution in [3.05, 3.63) is 95.0 Å². The number of nitrogens with one attached hydrogen (secondary N) is 1. The van der Waals surface area contributed by atoms with Gasteiger partial charge < -0.3 is 19.7 Å². The van der Waals surface area contributed by atoms with Gasteiger partial charge in [0.25, 0.3) is 5.91 Å². The van der Waals surface area contributed by atoms with E-state index in [4.69, 9.17) is 21.1 Å². The molecular weight excluding hydrogens is 476 g/mol. The molecule has 7 heteroatoms. The molecule has 0 saturated carbocycles. The number of methoxy groups -OCH3 is 1. The fraction of sp³-hybridized carbons (Fsp3) is 0.310. The number of rotatable bonds is 12. The predicted molar refractivity (Wildman–Crippen MR) is 142 cm³/mol. The maximum atomic E-state index is 13.7. The van der Waals surface area contributed by atoms with Gasteiger partial charge in [0.15, 0.2) is 18.1 Å². The SMILES string of the molecule is CC[C@@H](C)NC(=O)[C@H](Cc1ccccc1)N(Cc1ccccc1Cl)C(=O)COc1ccccc1OC. The van der Waals surface area contributed by atoms with Gasteiger partial charge >= 0.3 is 0 Å². The summed E-state index contributed by atoms with van der Waals surface area (Å²) in [6.07, 6.45) is 1.13. The highest BCUT2D eigenvalue weighted by molar-refractivity contribution is 6.31. The number of ether oxygens (including phenoxy) is 2. The number of benzene rings is 3. The molecular formula is C29H33ClN2O4. The molecule has 2 atom stereocenters. The summed E-state index contributed by atoms with van der Waals surface area (Å²) in [4.78, 5) is 28.7. The van der Waals surface area contributed by atoms with Crippen LogP contribution in [0.4, 0.5) is 0 Å². The average molecular weight is 509 g/mol. The molecule has 0 heterocycles. The van der Waals surface area contributed by atoms with E-state index in [0.29, 0.717) is 22.9 Å². The first-order chi connectivity index (χ1) is 17.4. The van der Waals surface area contributed by atoms with Crippen LogP contribution in [0.15, 0.2) is 78.9 Å². The van der Waals surface area contributed by atoms with E-state index in [-0.39, 0.29) is 31.0 Å². The third-order valence-electron chi connectivity index (χ3n) is 5.99. The summed E-state index contributed by atoms with van der Waals surface area (Å²) in [5.41, 5.74) is 1.70. The van der Waals surface area contributed by atoms with Crippen LogP contribution in [0, 0.1) is 0 Å². The van der Waals surface area contributed by atoms with Crippen LogP contribution in [0.5, 0.6) is 11.5 Å². The second-order valence-electron chi connectivity index (χ2n) is 8.58. The number of halogens is 1. The number of nitrogens with zero attached hydrogens (tertiary/aromatic N) is 1. The second kappa shape index (κ2) is 13.5. The van der Waals surface area contributed by atoms with Crippen molar-refractivity contribution in [2.45, 2.75) is 45.3 Å². The Bertz CT molecular complexity index is 1140. The normalized spacial score (nSPS) is 12.3. The molecule has 0 aromatic heterocycles. The molecule has 3 aromatic carbocycles. The lowest BCUT2D eigenvalue weighted by atomic mass is 10.0. The molecule has 0 spiro atoms. The van der Waals surface area contributed by atoms with Crippen molar-refractivity contribution >= 4 is 23.4 Å². The lowest BCUT2D eigenvalue weighted by Gasteiger charge is -2.32. The third-order valence-corrected chi connectivity index (χ3v) is 6.36. The first-order valence-electron chi connectivity index (χ1n) is 12.1. The molecule has 3 rings (SSSR count). The molecule has 1 N–H and O–H groups in total. The molecule has 0 radical (unpaired) electrons. The van der Waals surface area contributed by atoms with Gasteiger partial charge in [-0.1, -0.05) is 79.2 Å². The van der Waals surface area contributed by atoms with Gasteiger partial charge in [0, 0.05) is 24.0 Å². The van der Waals surface area contributed by atoms with Gasteiger partial charge in [-0.15, -0.1) is 0 Å². The van der Waals surface area contributed by atoms with Crippen LogP contribution < -0.4 is 14.8 Å². The zero-order valence-electron chi connectivity index (χ0n) is 20.9. The molecule has 0 aliphatic heterocycles. The molecule has 0 bridgehead atoms. The van der Waals surface area contributed by atoms with Crippen LogP contribution >= 0.6 is 11.6 Å². The van der Waals surface area contributed by atoms with Crippen LogP contribution in [0.2, 0.25) is 5.02 Å². The van der Waals surface area contributed by atoms with Crippen molar-refractivity contribution in [1.82, 2.24) is 10.2 Å². The molecule has 0 fully saturated rings. The summed E-state index contributed by atoms with van der Waals surface area (Å²) >= 11 is 6.45. The minimum Gasteiger partial charge on any atom is -0.493 e. The highest BCUT2D eigenvalue weighted by Gasteiger charge is 2.31. The van der Waals surface area contributed by atoms with Gasteiger partial charge in [0.05, 0.1) is 7.11 Å². The summed E-state index contributed by atoms with van der Waals surface area (Å²) in [6.45, 7) is 3.86. The van der Waals surface area contributed by atoms with E-state index < -0.39 is 6.04 Å². The number of para-hydroxylation sites is 2. The van der Waals surface area contributed by atoms with Gasteiger partial charge in [-0.2, -0.15) is 0 Å². The van der Waals surface area contributed by atoms with Crippen molar-refractivity contribution in [2.24, 2.45) is 0 Å². The number of hydrogen-bond acceptors (Lipinski definition) is 4. The fourth-order valence-electron chi connectivity index (χ4n) is 3.77. The largest absolute Gasteiger partial charge is 0.493 e. The molecule has 0 aliphatic carbocycles. The molecule has 0 aliphatic rings. The van der Waals surface area contributed by atoms with E-state index in [1.54, 1.807) is 30.2 Å². The van der Waals surface area contributed by atoms with Crippen molar-refractivity contribution in [2.75, 3.05) is 13.7 Å². The minimum absolute atomic E-state index is 0.0298. The number of amides is 2. The van der Waals surface area contributed by atoms with Crippen LogP contribution in [-0.2, 0) is 22.6 Å². The van der Waals surface area contributed by atoms with Crippen molar-refractivity contribution < 1.29 is 19.1 Å². The second-order valence-corrected chi connectivity index (χ2v) is 8.98. The van der Waals surface area contributed by atoms with E-state index >= 15 is 0 Å². The molecule has 0 saturated heterocycles. The predicted octanol–water partition coefficient (Wildman–Crippen LogP) is 5.28. The minimum atomic E-state index is -0.758. The zero-order valence-corrected chi connectivity index (χ0v) is 21.7. The lowest BCUT2D eigenvalue weighted by Crippen LogP contribution is -2.53.